The molecule has 0 aliphatic carbocycles. The smallest absolute Gasteiger partial charge is 0.323 e. The minimum absolute atomic E-state index is 0.170. The Morgan fingerprint density at radius 3 is 2.53 bits per heavy atom. The Kier molecular flexibility index (Phi) is 6.18. The van der Waals surface area contributed by atoms with Crippen molar-refractivity contribution in [2.45, 2.75) is 39.1 Å². The van der Waals surface area contributed by atoms with E-state index in [1.165, 1.54) is 0 Å². The molecule has 2 atom stereocenters. The molecule has 0 fully saturated rings. The van der Waals surface area contributed by atoms with Crippen LogP contribution in [0.25, 0.3) is 0 Å². The van der Waals surface area contributed by atoms with Crippen molar-refractivity contribution in [2.75, 3.05) is 0 Å². The van der Waals surface area contributed by atoms with Gasteiger partial charge in [0.2, 0.25) is 0 Å². The van der Waals surface area contributed by atoms with Gasteiger partial charge in [-0.05, 0) is 12.5 Å². The summed E-state index contributed by atoms with van der Waals surface area (Å²) in [5.74, 6) is -0.866. The highest BCUT2D eigenvalue weighted by Crippen LogP contribution is 2.02. The van der Waals surface area contributed by atoms with Crippen molar-refractivity contribution in [1.82, 2.24) is 5.32 Å². The number of rotatable bonds is 7. The summed E-state index contributed by atoms with van der Waals surface area (Å²) < 4.78 is 5.08. The Morgan fingerprint density at radius 2 is 1.95 bits per heavy atom. The number of ether oxygens (including phenoxy) is 1. The molecule has 0 aliphatic heterocycles. The van der Waals surface area contributed by atoms with Crippen molar-refractivity contribution in [2.24, 2.45) is 0 Å². The van der Waals surface area contributed by atoms with E-state index < -0.39 is 18.2 Å². The third kappa shape index (κ3) is 5.19. The summed E-state index contributed by atoms with van der Waals surface area (Å²) in [6.45, 7) is 3.36. The normalized spacial score (nSPS) is 13.6. The van der Waals surface area contributed by atoms with E-state index in [0.29, 0.717) is 0 Å². The first-order valence-corrected chi connectivity index (χ1v) is 6.22. The molecule has 5 heteroatoms. The second-order valence-electron chi connectivity index (χ2n) is 4.20. The number of esters is 1. The van der Waals surface area contributed by atoms with Crippen LogP contribution in [0.3, 0.4) is 0 Å². The molecule has 0 heterocycles. The van der Waals surface area contributed by atoms with Crippen LogP contribution in [0.5, 0.6) is 0 Å². The molecule has 0 saturated heterocycles. The maximum absolute atomic E-state index is 11.7. The molecule has 1 aromatic rings. The van der Waals surface area contributed by atoms with E-state index in [9.17, 15) is 14.7 Å². The highest BCUT2D eigenvalue weighted by Gasteiger charge is 2.21. The fraction of sp³-hybridized carbons (Fsp3) is 0.429. The van der Waals surface area contributed by atoms with Crippen LogP contribution in [0.1, 0.15) is 25.8 Å². The van der Waals surface area contributed by atoms with Gasteiger partial charge in [-0.25, -0.2) is 0 Å². The number of ketones is 1. The van der Waals surface area contributed by atoms with Crippen LogP contribution in [0.15, 0.2) is 30.3 Å². The predicted molar refractivity (Wildman–Crippen MR) is 70.1 cm³/mol. The Labute approximate surface area is 112 Å². The molecule has 0 amide bonds. The number of hydrogen-bond acceptors (Lipinski definition) is 5. The standard InChI is InChI=1S/C14H19NO4/c1-3-12(16)13(17)15-10(2)14(18)19-9-11-7-5-4-6-8-11/h4-8,10,13,15,17H,3,9H2,1-2H3. The third-order valence-electron chi connectivity index (χ3n) is 2.64. The highest BCUT2D eigenvalue weighted by atomic mass is 16.5. The van der Waals surface area contributed by atoms with E-state index in [-0.39, 0.29) is 18.8 Å². The summed E-state index contributed by atoms with van der Waals surface area (Å²) in [6.07, 6.45) is -1.12. The second-order valence-corrected chi connectivity index (χ2v) is 4.20. The highest BCUT2D eigenvalue weighted by molar-refractivity contribution is 5.83. The van der Waals surface area contributed by atoms with Gasteiger partial charge < -0.3 is 9.84 Å². The summed E-state index contributed by atoms with van der Waals surface area (Å²) in [5.41, 5.74) is 0.883. The van der Waals surface area contributed by atoms with E-state index in [2.05, 4.69) is 5.32 Å². The molecule has 5 nitrogen and oxygen atoms in total. The molecule has 104 valence electrons. The van der Waals surface area contributed by atoms with Crippen molar-refractivity contribution in [3.8, 4) is 0 Å². The Balaban J connectivity index is 2.39. The summed E-state index contributed by atoms with van der Waals surface area (Å²) in [7, 11) is 0. The molecule has 1 rings (SSSR count). The fourth-order valence-electron chi connectivity index (χ4n) is 1.44. The van der Waals surface area contributed by atoms with Crippen molar-refractivity contribution in [3.05, 3.63) is 35.9 Å². The molecule has 0 radical (unpaired) electrons. The van der Waals surface area contributed by atoms with Crippen LogP contribution in [0.4, 0.5) is 0 Å². The molecule has 2 N–H and O–H groups in total. The van der Waals surface area contributed by atoms with Crippen molar-refractivity contribution in [1.29, 1.82) is 0 Å². The SMILES string of the molecule is CCC(=O)C(O)NC(C)C(=O)OCc1ccccc1. The van der Waals surface area contributed by atoms with E-state index in [0.717, 1.165) is 5.56 Å². The number of benzene rings is 1. The van der Waals surface area contributed by atoms with E-state index >= 15 is 0 Å². The molecule has 1 aromatic carbocycles. The van der Waals surface area contributed by atoms with Crippen LogP contribution in [0, 0.1) is 0 Å². The number of carbonyl (C=O) groups excluding carboxylic acids is 2. The van der Waals surface area contributed by atoms with Gasteiger partial charge in [0, 0.05) is 6.42 Å². The minimum Gasteiger partial charge on any atom is -0.460 e. The second kappa shape index (κ2) is 7.66. The van der Waals surface area contributed by atoms with Gasteiger partial charge in [0.25, 0.3) is 0 Å². The Hall–Kier alpha value is -1.72. The quantitative estimate of drug-likeness (QED) is 0.568. The average Bonchev–Trinajstić information content (AvgIpc) is 2.44. The number of aliphatic hydroxyl groups is 1. The molecular formula is C14H19NO4. The van der Waals surface area contributed by atoms with E-state index in [1.807, 2.05) is 30.3 Å². The minimum atomic E-state index is -1.33. The van der Waals surface area contributed by atoms with Gasteiger partial charge in [0.1, 0.15) is 12.6 Å². The first-order chi connectivity index (χ1) is 9.04. The van der Waals surface area contributed by atoms with E-state index in [1.54, 1.807) is 13.8 Å². The predicted octanol–water partition coefficient (Wildman–Crippen LogP) is 1.01. The van der Waals surface area contributed by atoms with Gasteiger partial charge in [-0.3, -0.25) is 14.9 Å². The first-order valence-electron chi connectivity index (χ1n) is 6.22. The van der Waals surface area contributed by atoms with Crippen molar-refractivity contribution >= 4 is 11.8 Å². The van der Waals surface area contributed by atoms with Gasteiger partial charge in [0.05, 0.1) is 0 Å². The number of hydrogen-bond donors (Lipinski definition) is 2. The molecule has 0 spiro atoms. The summed E-state index contributed by atoms with van der Waals surface area (Å²) >= 11 is 0. The molecule has 2 unspecified atom stereocenters. The van der Waals surface area contributed by atoms with Crippen molar-refractivity contribution < 1.29 is 19.4 Å². The van der Waals surface area contributed by atoms with Gasteiger partial charge >= 0.3 is 5.97 Å². The topological polar surface area (TPSA) is 75.6 Å². The zero-order chi connectivity index (χ0) is 14.3. The number of carbonyl (C=O) groups is 2. The zero-order valence-corrected chi connectivity index (χ0v) is 11.1. The van der Waals surface area contributed by atoms with Crippen LogP contribution < -0.4 is 5.32 Å². The molecule has 0 aromatic heterocycles. The van der Waals surface area contributed by atoms with E-state index in [4.69, 9.17) is 4.74 Å². The van der Waals surface area contributed by atoms with Gasteiger partial charge in [0.15, 0.2) is 12.0 Å². The van der Waals surface area contributed by atoms with Crippen LogP contribution in [-0.4, -0.2) is 29.1 Å². The maximum Gasteiger partial charge on any atom is 0.323 e. The Bertz CT molecular complexity index is 419. The van der Waals surface area contributed by atoms with Gasteiger partial charge in [-0.15, -0.1) is 0 Å². The first kappa shape index (κ1) is 15.3. The summed E-state index contributed by atoms with van der Waals surface area (Å²) in [6, 6.07) is 8.54. The number of nitrogens with one attached hydrogen (secondary N) is 1. The monoisotopic (exact) mass is 265 g/mol. The lowest BCUT2D eigenvalue weighted by atomic mass is 10.2. The van der Waals surface area contributed by atoms with Crippen molar-refractivity contribution in [3.63, 3.8) is 0 Å². The zero-order valence-electron chi connectivity index (χ0n) is 11.1. The molecular weight excluding hydrogens is 246 g/mol. The molecule has 0 aliphatic rings. The Morgan fingerprint density at radius 1 is 1.32 bits per heavy atom. The largest absolute Gasteiger partial charge is 0.460 e. The van der Waals surface area contributed by atoms with Crippen LogP contribution in [-0.2, 0) is 20.9 Å². The number of aliphatic hydroxyl groups excluding tert-OH is 1. The molecule has 0 bridgehead atoms. The maximum atomic E-state index is 11.7. The van der Waals surface area contributed by atoms with Gasteiger partial charge in [-0.2, -0.15) is 0 Å². The van der Waals surface area contributed by atoms with Crippen LogP contribution >= 0.6 is 0 Å². The lowest BCUT2D eigenvalue weighted by Crippen LogP contribution is -2.45. The number of Topliss-reactive ketones (excluding diaryl/α,β-unsaturated/α-hetero) is 1. The third-order valence-corrected chi connectivity index (χ3v) is 2.64. The van der Waals surface area contributed by atoms with Gasteiger partial charge in [-0.1, -0.05) is 37.3 Å². The van der Waals surface area contributed by atoms with Crippen LogP contribution in [0.2, 0.25) is 0 Å². The fourth-order valence-corrected chi connectivity index (χ4v) is 1.44. The summed E-state index contributed by atoms with van der Waals surface area (Å²) in [5, 5.41) is 12.0. The lowest BCUT2D eigenvalue weighted by Gasteiger charge is -2.16. The lowest BCUT2D eigenvalue weighted by molar-refractivity contribution is -0.148. The molecule has 0 saturated carbocycles. The molecule has 19 heavy (non-hydrogen) atoms. The average molecular weight is 265 g/mol. The summed E-state index contributed by atoms with van der Waals surface area (Å²) in [4.78, 5) is 22.8.